The molecule has 1 aromatic carbocycles. The number of hydrogen-bond acceptors (Lipinski definition) is 4. The van der Waals surface area contributed by atoms with Gasteiger partial charge >= 0.3 is 5.97 Å². The summed E-state index contributed by atoms with van der Waals surface area (Å²) < 4.78 is 21.7. The van der Waals surface area contributed by atoms with Crippen LogP contribution < -0.4 is 4.74 Å². The van der Waals surface area contributed by atoms with Crippen molar-refractivity contribution in [3.05, 3.63) is 29.1 Å². The van der Waals surface area contributed by atoms with Gasteiger partial charge in [0.05, 0.1) is 24.2 Å². The minimum atomic E-state index is -1.09. The topological polar surface area (TPSA) is 87.4 Å². The van der Waals surface area contributed by atoms with Crippen molar-refractivity contribution < 1.29 is 23.8 Å². The average Bonchev–Trinajstić information content (AvgIpc) is 3.53. The molecule has 6 heteroatoms. The summed E-state index contributed by atoms with van der Waals surface area (Å²) in [6.07, 6.45) is 10.0. The van der Waals surface area contributed by atoms with E-state index >= 15 is 4.39 Å². The Morgan fingerprint density at radius 1 is 1.03 bits per heavy atom. The van der Waals surface area contributed by atoms with Crippen LogP contribution in [-0.2, 0) is 4.79 Å². The van der Waals surface area contributed by atoms with E-state index in [1.807, 2.05) is 0 Å². The number of ketones is 1. The summed E-state index contributed by atoms with van der Waals surface area (Å²) in [5.74, 6) is -1.21. The maximum atomic E-state index is 15.3. The van der Waals surface area contributed by atoms with E-state index in [0.29, 0.717) is 12.4 Å². The minimum absolute atomic E-state index is 0.0427. The number of carboxylic acids is 1. The van der Waals surface area contributed by atoms with Gasteiger partial charge in [-0.2, -0.15) is 5.26 Å². The summed E-state index contributed by atoms with van der Waals surface area (Å²) in [4.78, 5) is 25.0. The van der Waals surface area contributed by atoms with Crippen LogP contribution in [0.25, 0.3) is 0 Å². The Morgan fingerprint density at radius 2 is 1.65 bits per heavy atom. The van der Waals surface area contributed by atoms with E-state index in [-0.39, 0.29) is 29.7 Å². The first-order valence-corrected chi connectivity index (χ1v) is 13.0. The molecule has 0 saturated heterocycles. The lowest BCUT2D eigenvalue weighted by atomic mass is 9.50. The standard InChI is InChI=1S/C28H32FNO4/c29-24-9-25(34-14-28-10-15-3-16(11-28)5-17(4-15)12-28)20(19-1-2-19)8-23(24)26(31)21-6-18(13-30)7-22(21)27(32)33/h8-9,15-19,21-22H,1-7,10-12,14H2,(H,32,33)/t15?,16?,17?,18-,21?,22-,28?/m1/s1. The molecule has 5 nitrogen and oxygen atoms in total. The molecule has 1 aromatic rings. The molecule has 0 aliphatic heterocycles. The van der Waals surface area contributed by atoms with E-state index in [2.05, 4.69) is 6.07 Å². The number of carbonyl (C=O) groups excluding carboxylic acids is 1. The number of aliphatic carboxylic acids is 1. The number of halogens is 1. The quantitative estimate of drug-likeness (QED) is 0.520. The molecule has 6 aliphatic carbocycles. The van der Waals surface area contributed by atoms with Crippen LogP contribution in [0.1, 0.15) is 86.0 Å². The molecule has 6 fully saturated rings. The third-order valence-corrected chi connectivity index (χ3v) is 9.48. The summed E-state index contributed by atoms with van der Waals surface area (Å²) in [5.41, 5.74) is 1.06. The van der Waals surface area contributed by atoms with Gasteiger partial charge in [-0.3, -0.25) is 9.59 Å². The number of hydrogen-bond donors (Lipinski definition) is 1. The molecule has 0 radical (unpaired) electrons. The van der Waals surface area contributed by atoms with Crippen LogP contribution in [0.4, 0.5) is 4.39 Å². The highest BCUT2D eigenvalue weighted by molar-refractivity contribution is 6.00. The molecule has 180 valence electrons. The van der Waals surface area contributed by atoms with Crippen molar-refractivity contribution in [1.29, 1.82) is 5.26 Å². The molecule has 4 bridgehead atoms. The fourth-order valence-corrected chi connectivity index (χ4v) is 8.20. The lowest BCUT2D eigenvalue weighted by Gasteiger charge is -2.56. The maximum absolute atomic E-state index is 15.3. The molecule has 0 aromatic heterocycles. The normalized spacial score (nSPS) is 38.0. The smallest absolute Gasteiger partial charge is 0.307 e. The van der Waals surface area contributed by atoms with Gasteiger partial charge in [0.25, 0.3) is 0 Å². The van der Waals surface area contributed by atoms with E-state index in [1.165, 1.54) is 44.6 Å². The molecule has 34 heavy (non-hydrogen) atoms. The molecular formula is C28H32FNO4. The summed E-state index contributed by atoms with van der Waals surface area (Å²) in [6.45, 7) is 0.622. The molecule has 0 amide bonds. The van der Waals surface area contributed by atoms with E-state index in [4.69, 9.17) is 4.74 Å². The Kier molecular flexibility index (Phi) is 5.24. The number of carbonyl (C=O) groups is 2. The van der Waals surface area contributed by atoms with E-state index in [1.54, 1.807) is 6.07 Å². The molecule has 7 rings (SSSR count). The van der Waals surface area contributed by atoms with Crippen molar-refractivity contribution in [2.75, 3.05) is 6.61 Å². The Balaban J connectivity index is 1.24. The molecular weight excluding hydrogens is 433 g/mol. The van der Waals surface area contributed by atoms with E-state index in [9.17, 15) is 20.0 Å². The summed E-state index contributed by atoms with van der Waals surface area (Å²) in [5, 5.41) is 18.8. The predicted octanol–water partition coefficient (Wildman–Crippen LogP) is 5.73. The number of nitrogens with zero attached hydrogens (tertiary/aromatic N) is 1. The maximum Gasteiger partial charge on any atom is 0.307 e. The number of benzene rings is 1. The van der Waals surface area contributed by atoms with Crippen LogP contribution in [0.5, 0.6) is 5.75 Å². The molecule has 1 N–H and O–H groups in total. The van der Waals surface area contributed by atoms with Gasteiger partial charge in [-0.25, -0.2) is 4.39 Å². The van der Waals surface area contributed by atoms with Gasteiger partial charge < -0.3 is 9.84 Å². The largest absolute Gasteiger partial charge is 0.493 e. The second-order valence-corrected chi connectivity index (χ2v) is 12.1. The van der Waals surface area contributed by atoms with Crippen molar-refractivity contribution in [3.63, 3.8) is 0 Å². The van der Waals surface area contributed by atoms with Gasteiger partial charge in [-0.1, -0.05) is 0 Å². The highest BCUT2D eigenvalue weighted by atomic mass is 19.1. The molecule has 6 saturated carbocycles. The SMILES string of the molecule is N#C[C@@H]1CC(C(=O)c2cc(C3CC3)c(OCC34CC5CC(CC(C5)C3)C4)cc2F)[C@H](C(=O)O)C1. The third-order valence-electron chi connectivity index (χ3n) is 9.48. The Hall–Kier alpha value is -2.42. The van der Waals surface area contributed by atoms with E-state index in [0.717, 1.165) is 36.2 Å². The number of nitriles is 1. The van der Waals surface area contributed by atoms with Gasteiger partial charge in [0.15, 0.2) is 5.78 Å². The van der Waals surface area contributed by atoms with Crippen molar-refractivity contribution in [3.8, 4) is 11.8 Å². The number of rotatable bonds is 7. The van der Waals surface area contributed by atoms with Crippen LogP contribution in [0, 0.1) is 58.1 Å². The van der Waals surface area contributed by atoms with Gasteiger partial charge in [0, 0.05) is 23.3 Å². The number of Topliss-reactive ketones (excluding diaryl/α,β-unsaturated/α-hetero) is 1. The lowest BCUT2D eigenvalue weighted by molar-refractivity contribution is -0.142. The second kappa shape index (κ2) is 8.07. The molecule has 6 aliphatic rings. The van der Waals surface area contributed by atoms with Crippen molar-refractivity contribution in [2.45, 2.75) is 70.1 Å². The van der Waals surface area contributed by atoms with Crippen LogP contribution in [0.2, 0.25) is 0 Å². The van der Waals surface area contributed by atoms with Gasteiger partial charge in [0.2, 0.25) is 0 Å². The number of ether oxygens (including phenoxy) is 1. The van der Waals surface area contributed by atoms with Crippen molar-refractivity contribution >= 4 is 11.8 Å². The van der Waals surface area contributed by atoms with Crippen LogP contribution in [0.3, 0.4) is 0 Å². The third kappa shape index (κ3) is 3.82. The second-order valence-electron chi connectivity index (χ2n) is 12.1. The van der Waals surface area contributed by atoms with Crippen LogP contribution >= 0.6 is 0 Å². The summed E-state index contributed by atoms with van der Waals surface area (Å²) in [7, 11) is 0. The van der Waals surface area contributed by atoms with Crippen molar-refractivity contribution in [1.82, 2.24) is 0 Å². The first-order valence-electron chi connectivity index (χ1n) is 13.0. The van der Waals surface area contributed by atoms with Crippen molar-refractivity contribution in [2.24, 2.45) is 40.9 Å². The molecule has 3 atom stereocenters. The van der Waals surface area contributed by atoms with Gasteiger partial charge in [-0.05, 0) is 99.5 Å². The molecule has 1 unspecified atom stereocenters. The number of carboxylic acid groups (broad SMARTS) is 1. The summed E-state index contributed by atoms with van der Waals surface area (Å²) >= 11 is 0. The minimum Gasteiger partial charge on any atom is -0.493 e. The highest BCUT2D eigenvalue weighted by Gasteiger charge is 2.51. The first kappa shape index (κ1) is 22.1. The van der Waals surface area contributed by atoms with E-state index < -0.39 is 35.3 Å². The Labute approximate surface area is 199 Å². The average molecular weight is 466 g/mol. The Bertz CT molecular complexity index is 1040. The van der Waals surface area contributed by atoms with Crippen LogP contribution in [0.15, 0.2) is 12.1 Å². The van der Waals surface area contributed by atoms with Gasteiger partial charge in [0.1, 0.15) is 11.6 Å². The zero-order chi connectivity index (χ0) is 23.6. The van der Waals surface area contributed by atoms with Gasteiger partial charge in [-0.15, -0.1) is 0 Å². The fourth-order valence-electron chi connectivity index (χ4n) is 8.20. The predicted molar refractivity (Wildman–Crippen MR) is 122 cm³/mol. The zero-order valence-corrected chi connectivity index (χ0v) is 19.5. The fraction of sp³-hybridized carbons (Fsp3) is 0.679. The molecule has 0 heterocycles. The lowest BCUT2D eigenvalue weighted by Crippen LogP contribution is -2.48. The molecule has 0 spiro atoms. The Morgan fingerprint density at radius 3 is 2.21 bits per heavy atom. The summed E-state index contributed by atoms with van der Waals surface area (Å²) in [6, 6.07) is 5.09. The first-order chi connectivity index (χ1) is 16.3. The highest BCUT2D eigenvalue weighted by Crippen LogP contribution is 2.60. The zero-order valence-electron chi connectivity index (χ0n) is 19.5. The van der Waals surface area contributed by atoms with Crippen LogP contribution in [-0.4, -0.2) is 23.5 Å². The monoisotopic (exact) mass is 465 g/mol.